The van der Waals surface area contributed by atoms with E-state index in [0.29, 0.717) is 6.04 Å². The largest absolute Gasteiger partial charge is 0.399 e. The van der Waals surface area contributed by atoms with Gasteiger partial charge in [0.2, 0.25) is 0 Å². The fourth-order valence-electron chi connectivity index (χ4n) is 1.97. The van der Waals surface area contributed by atoms with Crippen LogP contribution in [0.2, 0.25) is 0 Å². The molecule has 0 aliphatic rings. The molecule has 0 spiro atoms. The lowest BCUT2D eigenvalue weighted by Crippen LogP contribution is -2.22. The van der Waals surface area contributed by atoms with Gasteiger partial charge < -0.3 is 5.73 Å². The minimum absolute atomic E-state index is 0.300. The molecular weight excluding hydrogens is 302 g/mol. The highest BCUT2D eigenvalue weighted by Crippen LogP contribution is 2.22. The lowest BCUT2D eigenvalue weighted by molar-refractivity contribution is 0.250. The molecule has 0 bridgehead atoms. The van der Waals surface area contributed by atoms with E-state index in [0.717, 1.165) is 22.4 Å². The zero-order valence-corrected chi connectivity index (χ0v) is 12.8. The Morgan fingerprint density at radius 3 is 2.74 bits per heavy atom. The number of nitrogen functional groups attached to an aromatic ring is 1. The summed E-state index contributed by atoms with van der Waals surface area (Å²) < 4.78 is 1.00. The molecule has 3 nitrogen and oxygen atoms in total. The minimum Gasteiger partial charge on any atom is -0.399 e. The Labute approximate surface area is 122 Å². The van der Waals surface area contributed by atoms with Gasteiger partial charge in [-0.2, -0.15) is 0 Å². The fraction of sp³-hybridized carbons (Fsp3) is 0.267. The van der Waals surface area contributed by atoms with Crippen LogP contribution in [0.4, 0.5) is 5.69 Å². The maximum Gasteiger partial charge on any atom is 0.0544 e. The van der Waals surface area contributed by atoms with Crippen molar-refractivity contribution in [1.29, 1.82) is 0 Å². The number of hydrogen-bond donors (Lipinski definition) is 1. The summed E-state index contributed by atoms with van der Waals surface area (Å²) in [5, 5.41) is 0. The van der Waals surface area contributed by atoms with Crippen LogP contribution in [0.5, 0.6) is 0 Å². The molecule has 2 N–H and O–H groups in total. The van der Waals surface area contributed by atoms with Crippen molar-refractivity contribution in [3.63, 3.8) is 0 Å². The van der Waals surface area contributed by atoms with Crippen LogP contribution in [0.3, 0.4) is 0 Å². The van der Waals surface area contributed by atoms with Crippen LogP contribution in [0.25, 0.3) is 0 Å². The van der Waals surface area contributed by atoms with Gasteiger partial charge in [0.25, 0.3) is 0 Å². The standard InChI is InChI=1S/C15H18BrN3/c1-11(12-4-3-5-14(17)8-12)19(2)10-15-7-6-13(16)9-18-15/h3-9,11H,10,17H2,1-2H3. The van der Waals surface area contributed by atoms with Crippen LogP contribution in [0.1, 0.15) is 24.2 Å². The van der Waals surface area contributed by atoms with Crippen LogP contribution < -0.4 is 5.73 Å². The third-order valence-electron chi connectivity index (χ3n) is 3.25. The quantitative estimate of drug-likeness (QED) is 0.875. The summed E-state index contributed by atoms with van der Waals surface area (Å²) in [5.74, 6) is 0. The van der Waals surface area contributed by atoms with E-state index in [-0.39, 0.29) is 0 Å². The fourth-order valence-corrected chi connectivity index (χ4v) is 2.20. The maximum atomic E-state index is 5.83. The molecule has 1 unspecified atom stereocenters. The predicted molar refractivity (Wildman–Crippen MR) is 82.7 cm³/mol. The first-order valence-corrected chi connectivity index (χ1v) is 7.01. The third-order valence-corrected chi connectivity index (χ3v) is 3.72. The van der Waals surface area contributed by atoms with E-state index in [4.69, 9.17) is 5.73 Å². The van der Waals surface area contributed by atoms with Crippen LogP contribution in [0, 0.1) is 0 Å². The highest BCUT2D eigenvalue weighted by atomic mass is 79.9. The van der Waals surface area contributed by atoms with Crippen molar-refractivity contribution in [1.82, 2.24) is 9.88 Å². The molecule has 1 atom stereocenters. The molecule has 0 saturated carbocycles. The molecule has 1 aromatic heterocycles. The Morgan fingerprint density at radius 2 is 2.11 bits per heavy atom. The normalized spacial score (nSPS) is 12.6. The average Bonchev–Trinajstić information content (AvgIpc) is 2.40. The molecule has 0 amide bonds. The van der Waals surface area contributed by atoms with E-state index in [1.54, 1.807) is 0 Å². The zero-order valence-electron chi connectivity index (χ0n) is 11.2. The van der Waals surface area contributed by atoms with E-state index in [1.807, 2.05) is 36.5 Å². The van der Waals surface area contributed by atoms with Crippen molar-refractivity contribution in [2.24, 2.45) is 0 Å². The Morgan fingerprint density at radius 1 is 1.32 bits per heavy atom. The summed E-state index contributed by atoms with van der Waals surface area (Å²) in [6.45, 7) is 2.98. The molecule has 0 radical (unpaired) electrons. The number of benzene rings is 1. The Balaban J connectivity index is 2.07. The molecule has 0 fully saturated rings. The molecular formula is C15H18BrN3. The molecule has 2 aromatic rings. The van der Waals surface area contributed by atoms with Gasteiger partial charge in [-0.15, -0.1) is 0 Å². The number of anilines is 1. The molecule has 1 aromatic carbocycles. The second kappa shape index (κ2) is 6.17. The van der Waals surface area contributed by atoms with E-state index >= 15 is 0 Å². The highest BCUT2D eigenvalue weighted by molar-refractivity contribution is 9.10. The third kappa shape index (κ3) is 3.78. The molecule has 0 saturated heterocycles. The monoisotopic (exact) mass is 319 g/mol. The first-order valence-electron chi connectivity index (χ1n) is 6.22. The minimum atomic E-state index is 0.300. The molecule has 2 rings (SSSR count). The first kappa shape index (κ1) is 14.0. The van der Waals surface area contributed by atoms with Crippen molar-refractivity contribution in [2.45, 2.75) is 19.5 Å². The number of halogens is 1. The maximum absolute atomic E-state index is 5.83. The van der Waals surface area contributed by atoms with Crippen LogP contribution >= 0.6 is 15.9 Å². The number of rotatable bonds is 4. The number of nitrogens with zero attached hydrogens (tertiary/aromatic N) is 2. The summed E-state index contributed by atoms with van der Waals surface area (Å²) in [6, 6.07) is 12.4. The van der Waals surface area contributed by atoms with Gasteiger partial charge in [0.05, 0.1) is 5.69 Å². The zero-order chi connectivity index (χ0) is 13.8. The summed E-state index contributed by atoms with van der Waals surface area (Å²) in [6.07, 6.45) is 1.83. The van der Waals surface area contributed by atoms with E-state index < -0.39 is 0 Å². The van der Waals surface area contributed by atoms with E-state index in [9.17, 15) is 0 Å². The van der Waals surface area contributed by atoms with Crippen LogP contribution in [-0.4, -0.2) is 16.9 Å². The topological polar surface area (TPSA) is 42.1 Å². The Kier molecular flexibility index (Phi) is 4.56. The van der Waals surface area contributed by atoms with Gasteiger partial charge in [-0.25, -0.2) is 0 Å². The van der Waals surface area contributed by atoms with Crippen LogP contribution in [-0.2, 0) is 6.54 Å². The first-order chi connectivity index (χ1) is 9.06. The molecule has 100 valence electrons. The van der Waals surface area contributed by atoms with Crippen molar-refractivity contribution in [3.05, 3.63) is 58.3 Å². The SMILES string of the molecule is CC(c1cccc(N)c1)N(C)Cc1ccc(Br)cn1. The van der Waals surface area contributed by atoms with Gasteiger partial charge >= 0.3 is 0 Å². The second-order valence-electron chi connectivity index (χ2n) is 4.73. The Bertz CT molecular complexity index is 539. The number of aromatic nitrogens is 1. The Hall–Kier alpha value is -1.39. The highest BCUT2D eigenvalue weighted by Gasteiger charge is 2.12. The smallest absolute Gasteiger partial charge is 0.0544 e. The number of hydrogen-bond acceptors (Lipinski definition) is 3. The number of pyridine rings is 1. The molecule has 19 heavy (non-hydrogen) atoms. The van der Waals surface area contributed by atoms with Gasteiger partial charge in [0.1, 0.15) is 0 Å². The second-order valence-corrected chi connectivity index (χ2v) is 5.64. The molecule has 0 aliphatic heterocycles. The van der Waals surface area contributed by atoms with Gasteiger partial charge in [0.15, 0.2) is 0 Å². The summed E-state index contributed by atoms with van der Waals surface area (Å²) in [5.41, 5.74) is 8.91. The number of nitrogens with two attached hydrogens (primary N) is 1. The van der Waals surface area contributed by atoms with Crippen molar-refractivity contribution < 1.29 is 0 Å². The van der Waals surface area contributed by atoms with Crippen molar-refractivity contribution >= 4 is 21.6 Å². The lowest BCUT2D eigenvalue weighted by atomic mass is 10.1. The van der Waals surface area contributed by atoms with E-state index in [2.05, 4.69) is 45.9 Å². The van der Waals surface area contributed by atoms with Gasteiger partial charge in [0, 0.05) is 28.9 Å². The van der Waals surface area contributed by atoms with E-state index in [1.165, 1.54) is 5.56 Å². The average molecular weight is 320 g/mol. The predicted octanol–water partition coefficient (Wildman–Crippen LogP) is 3.62. The van der Waals surface area contributed by atoms with Gasteiger partial charge in [-0.1, -0.05) is 12.1 Å². The molecule has 4 heteroatoms. The van der Waals surface area contributed by atoms with Crippen LogP contribution in [0.15, 0.2) is 47.1 Å². The molecule has 1 heterocycles. The summed E-state index contributed by atoms with van der Waals surface area (Å²) >= 11 is 3.40. The van der Waals surface area contributed by atoms with Gasteiger partial charge in [-0.05, 0) is 59.7 Å². The van der Waals surface area contributed by atoms with Crippen molar-refractivity contribution in [3.8, 4) is 0 Å². The van der Waals surface area contributed by atoms with Crippen molar-refractivity contribution in [2.75, 3.05) is 12.8 Å². The van der Waals surface area contributed by atoms with Gasteiger partial charge in [-0.3, -0.25) is 9.88 Å². The lowest BCUT2D eigenvalue weighted by Gasteiger charge is -2.25. The molecule has 0 aliphatic carbocycles. The summed E-state index contributed by atoms with van der Waals surface area (Å²) in [4.78, 5) is 6.65. The summed E-state index contributed by atoms with van der Waals surface area (Å²) in [7, 11) is 2.09.